The summed E-state index contributed by atoms with van der Waals surface area (Å²) in [6.45, 7) is 8.11. The van der Waals surface area contributed by atoms with E-state index < -0.39 is 0 Å². The molecule has 2 unspecified atom stereocenters. The van der Waals surface area contributed by atoms with Crippen molar-refractivity contribution < 1.29 is 4.42 Å². The second-order valence-corrected chi connectivity index (χ2v) is 7.18. The Labute approximate surface area is 121 Å². The summed E-state index contributed by atoms with van der Waals surface area (Å²) in [6.07, 6.45) is 6.61. The van der Waals surface area contributed by atoms with Crippen LogP contribution in [0.25, 0.3) is 0 Å². The van der Waals surface area contributed by atoms with Gasteiger partial charge in [-0.15, -0.1) is 5.10 Å². The number of hydrogen-bond donors (Lipinski definition) is 1. The van der Waals surface area contributed by atoms with Gasteiger partial charge in [-0.25, -0.2) is 0 Å². The van der Waals surface area contributed by atoms with Gasteiger partial charge in [-0.3, -0.25) is 0 Å². The van der Waals surface area contributed by atoms with Crippen molar-refractivity contribution in [3.8, 4) is 0 Å². The summed E-state index contributed by atoms with van der Waals surface area (Å²) in [5.74, 6) is 1.53. The molecule has 5 nitrogen and oxygen atoms in total. The molecular weight excluding hydrogens is 252 g/mol. The van der Waals surface area contributed by atoms with Gasteiger partial charge in [0.1, 0.15) is 0 Å². The van der Waals surface area contributed by atoms with Gasteiger partial charge in [0, 0.05) is 18.1 Å². The summed E-state index contributed by atoms with van der Waals surface area (Å²) in [4.78, 5) is 2.36. The number of fused-ring (bicyclic) bond motifs is 1. The first kappa shape index (κ1) is 13.9. The zero-order valence-electron chi connectivity index (χ0n) is 12.9. The highest BCUT2D eigenvalue weighted by Gasteiger charge is 2.37. The van der Waals surface area contributed by atoms with Crippen molar-refractivity contribution in [2.75, 3.05) is 11.4 Å². The van der Waals surface area contributed by atoms with Gasteiger partial charge in [0.05, 0.1) is 6.54 Å². The number of rotatable bonds is 3. The summed E-state index contributed by atoms with van der Waals surface area (Å²) >= 11 is 0. The molecule has 1 aromatic heterocycles. The van der Waals surface area contributed by atoms with Crippen LogP contribution in [0, 0.1) is 5.92 Å². The molecule has 0 spiro atoms. The normalized spacial score (nSPS) is 26.9. The molecule has 2 heterocycles. The van der Waals surface area contributed by atoms with E-state index in [9.17, 15) is 0 Å². The van der Waals surface area contributed by atoms with E-state index in [2.05, 4.69) is 41.2 Å². The third kappa shape index (κ3) is 2.97. The first-order chi connectivity index (χ1) is 9.53. The molecule has 2 aliphatic rings. The summed E-state index contributed by atoms with van der Waals surface area (Å²) in [6, 6.07) is 1.36. The van der Waals surface area contributed by atoms with E-state index in [1.54, 1.807) is 0 Å². The minimum absolute atomic E-state index is 0.0658. The van der Waals surface area contributed by atoms with Crippen molar-refractivity contribution in [3.63, 3.8) is 0 Å². The molecule has 20 heavy (non-hydrogen) atoms. The molecule has 2 fully saturated rings. The fourth-order valence-corrected chi connectivity index (χ4v) is 3.46. The highest BCUT2D eigenvalue weighted by atomic mass is 16.4. The van der Waals surface area contributed by atoms with Crippen LogP contribution < -0.4 is 10.2 Å². The maximum Gasteiger partial charge on any atom is 0.318 e. The zero-order valence-corrected chi connectivity index (χ0v) is 12.9. The minimum atomic E-state index is 0.0658. The van der Waals surface area contributed by atoms with Crippen LogP contribution in [0.5, 0.6) is 0 Å². The number of piperidine rings is 1. The van der Waals surface area contributed by atoms with Crippen LogP contribution in [0.4, 0.5) is 6.01 Å². The Morgan fingerprint density at radius 2 is 2.00 bits per heavy atom. The van der Waals surface area contributed by atoms with E-state index in [1.807, 2.05) is 0 Å². The minimum Gasteiger partial charge on any atom is -0.407 e. The zero-order chi connectivity index (χ0) is 14.2. The maximum atomic E-state index is 5.87. The van der Waals surface area contributed by atoms with Gasteiger partial charge in [-0.1, -0.05) is 11.5 Å². The number of nitrogens with zero attached hydrogens (tertiary/aromatic N) is 3. The average molecular weight is 278 g/mol. The predicted octanol–water partition coefficient (Wildman–Crippen LogP) is 2.73. The number of aromatic nitrogens is 2. The highest BCUT2D eigenvalue weighted by Crippen LogP contribution is 2.38. The summed E-state index contributed by atoms with van der Waals surface area (Å²) in [5, 5.41) is 11.8. The topological polar surface area (TPSA) is 54.2 Å². The molecule has 0 amide bonds. The molecule has 1 aliphatic carbocycles. The number of hydrogen-bond acceptors (Lipinski definition) is 5. The van der Waals surface area contributed by atoms with Gasteiger partial charge >= 0.3 is 6.01 Å². The van der Waals surface area contributed by atoms with E-state index in [0.717, 1.165) is 18.5 Å². The van der Waals surface area contributed by atoms with Crippen molar-refractivity contribution in [1.29, 1.82) is 0 Å². The van der Waals surface area contributed by atoms with Gasteiger partial charge in [-0.05, 0) is 52.4 Å². The van der Waals surface area contributed by atoms with Crippen molar-refractivity contribution >= 4 is 6.01 Å². The van der Waals surface area contributed by atoms with Crippen LogP contribution >= 0.6 is 0 Å². The Morgan fingerprint density at radius 3 is 2.80 bits per heavy atom. The van der Waals surface area contributed by atoms with Crippen LogP contribution in [0.15, 0.2) is 4.42 Å². The summed E-state index contributed by atoms with van der Waals surface area (Å²) in [7, 11) is 0. The lowest BCUT2D eigenvalue weighted by Gasteiger charge is -2.36. The average Bonchev–Trinajstić information content (AvgIpc) is 3.04. The monoisotopic (exact) mass is 278 g/mol. The lowest BCUT2D eigenvalue weighted by atomic mass is 9.92. The standard InChI is InChI=1S/C15H26N4O/c1-15(2,3)16-10-13-17-18-14(20-13)19-9-5-7-11-6-4-8-12(11)19/h11-12,16H,4-10H2,1-3H3. The van der Waals surface area contributed by atoms with Crippen molar-refractivity contribution in [1.82, 2.24) is 15.5 Å². The molecule has 0 radical (unpaired) electrons. The molecule has 3 rings (SSSR count). The molecular formula is C15H26N4O. The first-order valence-electron chi connectivity index (χ1n) is 7.87. The third-order valence-electron chi connectivity index (χ3n) is 4.47. The van der Waals surface area contributed by atoms with Crippen LogP contribution in [-0.2, 0) is 6.54 Å². The molecule has 112 valence electrons. The van der Waals surface area contributed by atoms with Crippen molar-refractivity contribution in [3.05, 3.63) is 5.89 Å². The fourth-order valence-electron chi connectivity index (χ4n) is 3.46. The molecule has 1 aromatic rings. The van der Waals surface area contributed by atoms with E-state index in [0.29, 0.717) is 18.5 Å². The lowest BCUT2D eigenvalue weighted by molar-refractivity contribution is 0.333. The van der Waals surface area contributed by atoms with Gasteiger partial charge < -0.3 is 14.6 Å². The Hall–Kier alpha value is -1.10. The predicted molar refractivity (Wildman–Crippen MR) is 78.6 cm³/mol. The SMILES string of the molecule is CC(C)(C)NCc1nnc(N2CCCC3CCCC32)o1. The van der Waals surface area contributed by atoms with Gasteiger partial charge in [0.15, 0.2) is 0 Å². The van der Waals surface area contributed by atoms with Gasteiger partial charge in [0.2, 0.25) is 5.89 Å². The third-order valence-corrected chi connectivity index (χ3v) is 4.47. The molecule has 0 aromatic carbocycles. The largest absolute Gasteiger partial charge is 0.407 e. The van der Waals surface area contributed by atoms with E-state index in [4.69, 9.17) is 4.42 Å². The Bertz CT molecular complexity index is 451. The molecule has 5 heteroatoms. The van der Waals surface area contributed by atoms with Gasteiger partial charge in [-0.2, -0.15) is 0 Å². The quantitative estimate of drug-likeness (QED) is 0.921. The molecule has 1 N–H and O–H groups in total. The lowest BCUT2D eigenvalue weighted by Crippen LogP contribution is -2.42. The molecule has 1 saturated heterocycles. The number of anilines is 1. The molecule has 0 bridgehead atoms. The van der Waals surface area contributed by atoms with Crippen LogP contribution in [0.2, 0.25) is 0 Å². The summed E-state index contributed by atoms with van der Waals surface area (Å²) in [5.41, 5.74) is 0.0658. The van der Waals surface area contributed by atoms with Crippen molar-refractivity contribution in [2.45, 2.75) is 71.0 Å². The van der Waals surface area contributed by atoms with Crippen LogP contribution in [0.1, 0.15) is 58.8 Å². The van der Waals surface area contributed by atoms with E-state index in [-0.39, 0.29) is 5.54 Å². The van der Waals surface area contributed by atoms with E-state index >= 15 is 0 Å². The van der Waals surface area contributed by atoms with Gasteiger partial charge in [0.25, 0.3) is 0 Å². The second-order valence-electron chi connectivity index (χ2n) is 7.18. The Kier molecular flexibility index (Phi) is 3.71. The first-order valence-corrected chi connectivity index (χ1v) is 7.87. The Morgan fingerprint density at radius 1 is 1.20 bits per heavy atom. The van der Waals surface area contributed by atoms with Crippen LogP contribution in [-0.4, -0.2) is 28.3 Å². The highest BCUT2D eigenvalue weighted by molar-refractivity contribution is 5.29. The smallest absolute Gasteiger partial charge is 0.318 e. The molecule has 1 aliphatic heterocycles. The maximum absolute atomic E-state index is 5.87. The van der Waals surface area contributed by atoms with E-state index in [1.165, 1.54) is 32.1 Å². The molecule has 1 saturated carbocycles. The molecule has 2 atom stereocenters. The Balaban J connectivity index is 1.66. The second kappa shape index (κ2) is 5.35. The van der Waals surface area contributed by atoms with Crippen molar-refractivity contribution in [2.24, 2.45) is 5.92 Å². The summed E-state index contributed by atoms with van der Waals surface area (Å²) < 4.78 is 5.87. The number of nitrogens with one attached hydrogen (secondary N) is 1. The fraction of sp³-hybridized carbons (Fsp3) is 0.867. The van der Waals surface area contributed by atoms with Crippen LogP contribution in [0.3, 0.4) is 0 Å².